The minimum atomic E-state index is 0.351. The van der Waals surface area contributed by atoms with E-state index in [0.29, 0.717) is 11.6 Å². The van der Waals surface area contributed by atoms with Gasteiger partial charge in [0, 0.05) is 4.47 Å². The predicted octanol–water partition coefficient (Wildman–Crippen LogP) is 3.97. The first kappa shape index (κ1) is 14.0. The fourth-order valence-corrected chi connectivity index (χ4v) is 2.36. The molecule has 0 atom stereocenters. The Hall–Kier alpha value is -1.39. The van der Waals surface area contributed by atoms with Crippen molar-refractivity contribution < 1.29 is 4.74 Å². The Bertz CT molecular complexity index is 613. The molecule has 4 heteroatoms. The van der Waals surface area contributed by atoms with Crippen LogP contribution in [0.25, 0.3) is 0 Å². The number of benzene rings is 2. The summed E-state index contributed by atoms with van der Waals surface area (Å²) in [5, 5.41) is 0. The zero-order valence-corrected chi connectivity index (χ0v) is 12.9. The van der Waals surface area contributed by atoms with Crippen LogP contribution in [0.3, 0.4) is 0 Å². The summed E-state index contributed by atoms with van der Waals surface area (Å²) in [7, 11) is 0. The highest BCUT2D eigenvalue weighted by Crippen LogP contribution is 2.22. The van der Waals surface area contributed by atoms with Gasteiger partial charge in [0.15, 0.2) is 0 Å². The van der Waals surface area contributed by atoms with Crippen LogP contribution in [0.5, 0.6) is 5.75 Å². The third-order valence-corrected chi connectivity index (χ3v) is 3.40. The highest BCUT2D eigenvalue weighted by Gasteiger charge is 2.07. The van der Waals surface area contributed by atoms with Crippen molar-refractivity contribution in [1.29, 1.82) is 0 Å². The van der Waals surface area contributed by atoms with Gasteiger partial charge in [-0.05, 0) is 42.3 Å². The molecule has 0 aliphatic rings. The van der Waals surface area contributed by atoms with Crippen LogP contribution in [0.15, 0.2) is 46.9 Å². The molecular formula is C15H14BrNOS. The number of hydrogen-bond donors (Lipinski definition) is 1. The fraction of sp³-hybridized carbons (Fsp3) is 0.133. The lowest BCUT2D eigenvalue weighted by Crippen LogP contribution is -2.11. The van der Waals surface area contributed by atoms with E-state index in [9.17, 15) is 0 Å². The Morgan fingerprint density at radius 3 is 2.74 bits per heavy atom. The predicted molar refractivity (Wildman–Crippen MR) is 85.5 cm³/mol. The molecule has 98 valence electrons. The second-order valence-electron chi connectivity index (χ2n) is 4.28. The number of aryl methyl sites for hydroxylation is 1. The number of thiocarbonyl (C=S) groups is 1. The molecule has 0 aliphatic heterocycles. The van der Waals surface area contributed by atoms with Gasteiger partial charge in [0.25, 0.3) is 0 Å². The van der Waals surface area contributed by atoms with Gasteiger partial charge in [-0.1, -0.05) is 46.3 Å². The largest absolute Gasteiger partial charge is 0.488 e. The maximum absolute atomic E-state index is 5.83. The van der Waals surface area contributed by atoms with E-state index in [1.807, 2.05) is 49.4 Å². The van der Waals surface area contributed by atoms with Gasteiger partial charge in [0.05, 0.1) is 5.56 Å². The zero-order chi connectivity index (χ0) is 13.8. The van der Waals surface area contributed by atoms with E-state index in [1.165, 1.54) is 0 Å². The van der Waals surface area contributed by atoms with Gasteiger partial charge in [0.2, 0.25) is 0 Å². The summed E-state index contributed by atoms with van der Waals surface area (Å²) in [5.74, 6) is 0.729. The van der Waals surface area contributed by atoms with E-state index < -0.39 is 0 Å². The molecule has 0 bridgehead atoms. The first-order valence-corrected chi connectivity index (χ1v) is 7.04. The van der Waals surface area contributed by atoms with E-state index in [0.717, 1.165) is 26.9 Å². The molecule has 0 saturated carbocycles. The van der Waals surface area contributed by atoms with E-state index in [1.54, 1.807) is 0 Å². The molecule has 0 heterocycles. The standard InChI is InChI=1S/C15H14BrNOS/c1-10-5-6-13(15(17)19)14(7-10)18-9-11-3-2-4-12(16)8-11/h2-8H,9H2,1H3,(H2,17,19). The molecule has 2 aromatic rings. The molecule has 0 radical (unpaired) electrons. The molecule has 0 unspecified atom stereocenters. The second kappa shape index (κ2) is 6.17. The topological polar surface area (TPSA) is 35.2 Å². The average molecular weight is 336 g/mol. The van der Waals surface area contributed by atoms with Gasteiger partial charge < -0.3 is 10.5 Å². The molecule has 19 heavy (non-hydrogen) atoms. The summed E-state index contributed by atoms with van der Waals surface area (Å²) in [6, 6.07) is 13.8. The van der Waals surface area contributed by atoms with Crippen molar-refractivity contribution in [2.24, 2.45) is 5.73 Å². The first-order valence-electron chi connectivity index (χ1n) is 5.84. The van der Waals surface area contributed by atoms with Crippen molar-refractivity contribution in [1.82, 2.24) is 0 Å². The Balaban J connectivity index is 2.19. The van der Waals surface area contributed by atoms with Crippen LogP contribution in [0.1, 0.15) is 16.7 Å². The minimum Gasteiger partial charge on any atom is -0.488 e. The van der Waals surface area contributed by atoms with Crippen LogP contribution in [-0.2, 0) is 6.61 Å². The van der Waals surface area contributed by atoms with Crippen molar-refractivity contribution in [2.45, 2.75) is 13.5 Å². The van der Waals surface area contributed by atoms with E-state index in [-0.39, 0.29) is 0 Å². The highest BCUT2D eigenvalue weighted by molar-refractivity contribution is 9.10. The summed E-state index contributed by atoms with van der Waals surface area (Å²) < 4.78 is 6.87. The van der Waals surface area contributed by atoms with Crippen molar-refractivity contribution in [2.75, 3.05) is 0 Å². The van der Waals surface area contributed by atoms with Crippen LogP contribution in [0.4, 0.5) is 0 Å². The monoisotopic (exact) mass is 335 g/mol. The number of hydrogen-bond acceptors (Lipinski definition) is 2. The SMILES string of the molecule is Cc1ccc(C(N)=S)c(OCc2cccc(Br)c2)c1. The molecule has 0 aliphatic carbocycles. The van der Waals surface area contributed by atoms with Gasteiger partial charge in [0.1, 0.15) is 17.3 Å². The Kier molecular flexibility index (Phi) is 4.56. The lowest BCUT2D eigenvalue weighted by Gasteiger charge is -2.11. The van der Waals surface area contributed by atoms with Gasteiger partial charge in [-0.15, -0.1) is 0 Å². The summed E-state index contributed by atoms with van der Waals surface area (Å²) in [6.45, 7) is 2.49. The second-order valence-corrected chi connectivity index (χ2v) is 5.64. The maximum Gasteiger partial charge on any atom is 0.130 e. The van der Waals surface area contributed by atoms with Crippen LogP contribution >= 0.6 is 28.1 Å². The number of nitrogens with two attached hydrogens (primary N) is 1. The van der Waals surface area contributed by atoms with Gasteiger partial charge in [-0.2, -0.15) is 0 Å². The highest BCUT2D eigenvalue weighted by atomic mass is 79.9. The van der Waals surface area contributed by atoms with Crippen LogP contribution in [-0.4, -0.2) is 4.99 Å². The normalized spacial score (nSPS) is 10.2. The lowest BCUT2D eigenvalue weighted by molar-refractivity contribution is 0.305. The Morgan fingerprint density at radius 2 is 2.05 bits per heavy atom. The molecule has 2 nitrogen and oxygen atoms in total. The Morgan fingerprint density at radius 1 is 1.26 bits per heavy atom. The van der Waals surface area contributed by atoms with Crippen molar-refractivity contribution >= 4 is 33.1 Å². The molecule has 2 N–H and O–H groups in total. The average Bonchev–Trinajstić information content (AvgIpc) is 2.36. The molecule has 2 rings (SSSR count). The van der Waals surface area contributed by atoms with Crippen molar-refractivity contribution in [3.05, 3.63) is 63.6 Å². The molecule has 0 spiro atoms. The first-order chi connectivity index (χ1) is 9.06. The minimum absolute atomic E-state index is 0.351. The molecule has 2 aromatic carbocycles. The molecule has 0 amide bonds. The van der Waals surface area contributed by atoms with Gasteiger partial charge >= 0.3 is 0 Å². The summed E-state index contributed by atoms with van der Waals surface area (Å²) in [6.07, 6.45) is 0. The van der Waals surface area contributed by atoms with Crippen molar-refractivity contribution in [3.8, 4) is 5.75 Å². The molecular weight excluding hydrogens is 322 g/mol. The number of halogens is 1. The van der Waals surface area contributed by atoms with Gasteiger partial charge in [-0.25, -0.2) is 0 Å². The summed E-state index contributed by atoms with van der Waals surface area (Å²) in [5.41, 5.74) is 8.68. The Labute approximate surface area is 126 Å². The van der Waals surface area contributed by atoms with Crippen molar-refractivity contribution in [3.63, 3.8) is 0 Å². The molecule has 0 saturated heterocycles. The van der Waals surface area contributed by atoms with E-state index >= 15 is 0 Å². The molecule has 0 fully saturated rings. The van der Waals surface area contributed by atoms with Crippen LogP contribution in [0, 0.1) is 6.92 Å². The number of rotatable bonds is 4. The van der Waals surface area contributed by atoms with E-state index in [2.05, 4.69) is 15.9 Å². The number of ether oxygens (including phenoxy) is 1. The quantitative estimate of drug-likeness (QED) is 0.858. The van der Waals surface area contributed by atoms with Crippen LogP contribution < -0.4 is 10.5 Å². The summed E-state index contributed by atoms with van der Waals surface area (Å²) in [4.78, 5) is 0.351. The summed E-state index contributed by atoms with van der Waals surface area (Å²) >= 11 is 8.48. The maximum atomic E-state index is 5.83. The lowest BCUT2D eigenvalue weighted by atomic mass is 10.1. The fourth-order valence-electron chi connectivity index (χ4n) is 1.74. The molecule has 0 aromatic heterocycles. The smallest absolute Gasteiger partial charge is 0.130 e. The third-order valence-electron chi connectivity index (χ3n) is 2.69. The zero-order valence-electron chi connectivity index (χ0n) is 10.5. The van der Waals surface area contributed by atoms with Gasteiger partial charge in [-0.3, -0.25) is 0 Å². The van der Waals surface area contributed by atoms with Crippen LogP contribution in [0.2, 0.25) is 0 Å². The van der Waals surface area contributed by atoms with E-state index in [4.69, 9.17) is 22.7 Å². The third kappa shape index (κ3) is 3.78.